The van der Waals surface area contributed by atoms with E-state index in [1.54, 1.807) is 24.5 Å². The number of alkyl halides is 1. The number of nitrogen functional groups attached to an aromatic ring is 1. The highest BCUT2D eigenvalue weighted by Gasteiger charge is 2.50. The van der Waals surface area contributed by atoms with Crippen LogP contribution in [0.1, 0.15) is 32.1 Å². The molecule has 2 bridgehead atoms. The molecule has 49 heavy (non-hydrogen) atoms. The number of carbonyl (C=O) groups is 1. The lowest BCUT2D eigenvalue weighted by molar-refractivity contribution is 0.107. The van der Waals surface area contributed by atoms with Gasteiger partial charge in [0.15, 0.2) is 10.9 Å². The lowest BCUT2D eigenvalue weighted by Crippen LogP contribution is -2.57. The van der Waals surface area contributed by atoms with Crippen molar-refractivity contribution in [1.82, 2.24) is 34.5 Å². The highest BCUT2D eigenvalue weighted by atomic mass is 35.5. The molecule has 0 saturated carbocycles. The first-order valence-corrected chi connectivity index (χ1v) is 17.5. The second kappa shape index (κ2) is 11.4. The summed E-state index contributed by atoms with van der Waals surface area (Å²) in [7, 11) is 0. The summed E-state index contributed by atoms with van der Waals surface area (Å²) in [5.74, 6) is -0.836. The number of nitrogens with two attached hydrogens (primary N) is 1. The minimum Gasteiger partial charge on any atom is -0.461 e. The maximum atomic E-state index is 17.0. The molecule has 4 aliphatic heterocycles. The SMILES string of the molecule is Nc1nc2c(-c3c(Cl)cc4c(N5CC6CCC(C5)N6C(=O)n5cccn5)nc(OC[C@@]56CCCN5C[C@H](F)C6)nc4c3F)ccc(F)c2s1. The highest BCUT2D eigenvalue weighted by Crippen LogP contribution is 2.45. The van der Waals surface area contributed by atoms with Crippen molar-refractivity contribution in [3.05, 3.63) is 53.3 Å². The molecular weight excluding hydrogens is 679 g/mol. The van der Waals surface area contributed by atoms with Gasteiger partial charge in [0, 0.05) is 55.0 Å². The minimum absolute atomic E-state index is 0.00593. The van der Waals surface area contributed by atoms with Gasteiger partial charge in [-0.25, -0.2) is 22.9 Å². The summed E-state index contributed by atoms with van der Waals surface area (Å²) in [4.78, 5) is 33.1. The van der Waals surface area contributed by atoms with E-state index in [0.717, 1.165) is 43.6 Å². The fraction of sp³-hybridized carbons (Fsp3) is 0.424. The van der Waals surface area contributed by atoms with E-state index in [4.69, 9.17) is 27.1 Å². The Morgan fingerprint density at radius 1 is 1.12 bits per heavy atom. The molecule has 1 amide bonds. The average Bonchev–Trinajstić information content (AvgIpc) is 3.90. The zero-order valence-electron chi connectivity index (χ0n) is 26.2. The molecule has 2 aromatic carbocycles. The van der Waals surface area contributed by atoms with E-state index in [2.05, 4.69) is 20.0 Å². The van der Waals surface area contributed by atoms with Gasteiger partial charge in [0.1, 0.15) is 29.9 Å². The molecule has 16 heteroatoms. The van der Waals surface area contributed by atoms with Gasteiger partial charge in [-0.1, -0.05) is 22.9 Å². The Bertz CT molecular complexity index is 2120. The number of hydrogen-bond acceptors (Lipinski definition) is 10. The fourth-order valence-corrected chi connectivity index (χ4v) is 9.50. The van der Waals surface area contributed by atoms with Crippen molar-refractivity contribution in [3.63, 3.8) is 0 Å². The molecule has 0 spiro atoms. The van der Waals surface area contributed by atoms with Crippen molar-refractivity contribution in [2.75, 3.05) is 43.4 Å². The second-order valence-corrected chi connectivity index (χ2v) is 14.8. The Morgan fingerprint density at radius 3 is 2.71 bits per heavy atom. The maximum Gasteiger partial charge on any atom is 0.345 e. The number of amides is 1. The van der Waals surface area contributed by atoms with Crippen LogP contribution in [0.2, 0.25) is 5.02 Å². The Morgan fingerprint density at radius 2 is 1.94 bits per heavy atom. The molecule has 0 radical (unpaired) electrons. The third-order valence-electron chi connectivity index (χ3n) is 10.6. The van der Waals surface area contributed by atoms with Gasteiger partial charge in [0.05, 0.1) is 32.9 Å². The lowest BCUT2D eigenvalue weighted by Gasteiger charge is -2.41. The summed E-state index contributed by atoms with van der Waals surface area (Å²) in [6.07, 6.45) is 5.92. The van der Waals surface area contributed by atoms with Crippen LogP contribution in [0, 0.1) is 11.6 Å². The number of anilines is 2. The van der Waals surface area contributed by atoms with Crippen LogP contribution in [0.3, 0.4) is 0 Å². The van der Waals surface area contributed by atoms with Crippen molar-refractivity contribution in [2.45, 2.75) is 55.9 Å². The number of halogens is 4. The molecular formula is C33H31ClF3N9O2S. The standard InChI is InChI=1S/C33H31ClF3N9O2S/c34-22-11-21-26(25(37)24(22)20-5-6-23(36)28-27(20)40-30(38)49-28)41-31(48-16-33-7-1-9-44(33)13-17(35)12-33)42-29(21)43-14-18-3-4-19(15-43)46(18)32(47)45-10-2-8-39-45/h2,5-6,8,10-11,17-19H,1,3-4,7,9,12-16H2,(H2,38,40)/t17-,18?,19?,33+/m1/s1. The summed E-state index contributed by atoms with van der Waals surface area (Å²) in [5, 5.41) is 4.71. The molecule has 9 rings (SSSR count). The number of aromatic nitrogens is 5. The van der Waals surface area contributed by atoms with Crippen LogP contribution in [0.25, 0.3) is 32.2 Å². The van der Waals surface area contributed by atoms with Gasteiger partial charge < -0.3 is 20.3 Å². The smallest absolute Gasteiger partial charge is 0.345 e. The van der Waals surface area contributed by atoms with Crippen molar-refractivity contribution < 1.29 is 22.7 Å². The molecule has 2 N–H and O–H groups in total. The van der Waals surface area contributed by atoms with Gasteiger partial charge in [0.25, 0.3) is 0 Å². The quantitative estimate of drug-likeness (QED) is 0.238. The molecule has 4 aliphatic rings. The fourth-order valence-electron chi connectivity index (χ4n) is 8.44. The van der Waals surface area contributed by atoms with Crippen LogP contribution >= 0.6 is 22.9 Å². The van der Waals surface area contributed by atoms with E-state index in [-0.39, 0.29) is 67.7 Å². The Balaban J connectivity index is 1.14. The minimum atomic E-state index is -0.942. The first kappa shape index (κ1) is 30.8. The van der Waals surface area contributed by atoms with Gasteiger partial charge in [-0.15, -0.1) is 0 Å². The third kappa shape index (κ3) is 4.91. The van der Waals surface area contributed by atoms with Crippen molar-refractivity contribution in [2.24, 2.45) is 0 Å². The first-order chi connectivity index (χ1) is 23.7. The average molecular weight is 710 g/mol. The van der Waals surface area contributed by atoms with E-state index in [0.29, 0.717) is 37.3 Å². The first-order valence-electron chi connectivity index (χ1n) is 16.3. The Kier molecular flexibility index (Phi) is 7.18. The predicted molar refractivity (Wildman–Crippen MR) is 180 cm³/mol. The maximum absolute atomic E-state index is 17.0. The largest absolute Gasteiger partial charge is 0.461 e. The highest BCUT2D eigenvalue weighted by molar-refractivity contribution is 7.22. The van der Waals surface area contributed by atoms with Crippen LogP contribution in [0.15, 0.2) is 36.7 Å². The normalized spacial score (nSPS) is 25.2. The van der Waals surface area contributed by atoms with Gasteiger partial charge in [0.2, 0.25) is 0 Å². The van der Waals surface area contributed by atoms with Gasteiger partial charge in [-0.3, -0.25) is 4.90 Å². The molecule has 3 aromatic heterocycles. The number of thiazole rings is 1. The summed E-state index contributed by atoms with van der Waals surface area (Å²) in [6.45, 7) is 2.19. The molecule has 4 fully saturated rings. The summed E-state index contributed by atoms with van der Waals surface area (Å²) < 4.78 is 54.0. The van der Waals surface area contributed by atoms with E-state index in [1.807, 2.05) is 9.80 Å². The van der Waals surface area contributed by atoms with E-state index < -0.39 is 23.3 Å². The zero-order chi connectivity index (χ0) is 33.6. The van der Waals surface area contributed by atoms with Crippen molar-refractivity contribution in [3.8, 4) is 17.1 Å². The number of hydrogen-bond donors (Lipinski definition) is 1. The summed E-state index contributed by atoms with van der Waals surface area (Å²) >= 11 is 7.82. The molecule has 5 aromatic rings. The number of carbonyl (C=O) groups excluding carboxylic acids is 1. The molecule has 11 nitrogen and oxygen atoms in total. The molecule has 7 heterocycles. The van der Waals surface area contributed by atoms with Crippen LogP contribution in [0.5, 0.6) is 6.01 Å². The van der Waals surface area contributed by atoms with Gasteiger partial charge in [-0.05, 0) is 56.5 Å². The number of nitrogens with zero attached hydrogens (tertiary/aromatic N) is 8. The Labute approximate surface area is 287 Å². The van der Waals surface area contributed by atoms with Crippen molar-refractivity contribution in [1.29, 1.82) is 0 Å². The molecule has 254 valence electrons. The second-order valence-electron chi connectivity index (χ2n) is 13.4. The third-order valence-corrected chi connectivity index (χ3v) is 11.7. The van der Waals surface area contributed by atoms with E-state index >= 15 is 4.39 Å². The van der Waals surface area contributed by atoms with E-state index in [1.165, 1.54) is 16.8 Å². The number of fused-ring (bicyclic) bond motifs is 5. The molecule has 4 saturated heterocycles. The predicted octanol–water partition coefficient (Wildman–Crippen LogP) is 5.89. The van der Waals surface area contributed by atoms with Gasteiger partial charge >= 0.3 is 12.0 Å². The summed E-state index contributed by atoms with van der Waals surface area (Å²) in [5.41, 5.74) is 5.91. The van der Waals surface area contributed by atoms with Crippen molar-refractivity contribution >= 4 is 61.0 Å². The van der Waals surface area contributed by atoms with Crippen LogP contribution in [-0.2, 0) is 0 Å². The molecule has 4 atom stereocenters. The number of benzene rings is 2. The Hall–Kier alpha value is -4.21. The molecule has 2 unspecified atom stereocenters. The van der Waals surface area contributed by atoms with E-state index in [9.17, 15) is 13.6 Å². The van der Waals surface area contributed by atoms with Crippen LogP contribution < -0.4 is 15.4 Å². The lowest BCUT2D eigenvalue weighted by atomic mass is 9.95. The van der Waals surface area contributed by atoms with Gasteiger partial charge in [-0.2, -0.15) is 19.7 Å². The topological polar surface area (TPSA) is 119 Å². The number of piperazine rings is 1. The monoisotopic (exact) mass is 709 g/mol. The van der Waals surface area contributed by atoms with Crippen LogP contribution in [0.4, 0.5) is 28.9 Å². The summed E-state index contributed by atoms with van der Waals surface area (Å²) in [6, 6.07) is 5.51. The number of ether oxygens (including phenoxy) is 1. The molecule has 0 aliphatic carbocycles. The zero-order valence-corrected chi connectivity index (χ0v) is 27.7. The van der Waals surface area contributed by atoms with Crippen LogP contribution in [-0.4, -0.2) is 97.1 Å². The number of rotatable bonds is 5.